The van der Waals surface area contributed by atoms with Gasteiger partial charge in [0, 0.05) is 79.8 Å². The van der Waals surface area contributed by atoms with Gasteiger partial charge in [0.1, 0.15) is 69.8 Å². The number of halogens is 8. The molecule has 690 valence electrons. The van der Waals surface area contributed by atoms with E-state index in [1.807, 2.05) is 82.9 Å². The van der Waals surface area contributed by atoms with E-state index in [1.54, 1.807) is 65.6 Å². The summed E-state index contributed by atoms with van der Waals surface area (Å²) in [6.07, 6.45) is 22.3. The molecule has 12 aromatic rings. The number of hydrogen-bond donors (Lipinski definition) is 5. The van der Waals surface area contributed by atoms with Gasteiger partial charge in [-0.25, -0.2) is 59.3 Å². The highest BCUT2D eigenvalue weighted by molar-refractivity contribution is 7.98. The van der Waals surface area contributed by atoms with E-state index >= 15 is 0 Å². The van der Waals surface area contributed by atoms with Crippen LogP contribution in [0.15, 0.2) is 170 Å². The molecule has 0 aliphatic carbocycles. The quantitative estimate of drug-likeness (QED) is 0.0885. The summed E-state index contributed by atoms with van der Waals surface area (Å²) in [6.45, 7) is 9.38. The average molecular weight is 1880 g/mol. The normalized spacial score (nSPS) is 16.8. The van der Waals surface area contributed by atoms with Gasteiger partial charge in [-0.3, -0.25) is 4.78 Å². The van der Waals surface area contributed by atoms with E-state index in [9.17, 15) is 39.3 Å². The van der Waals surface area contributed by atoms with E-state index in [-0.39, 0.29) is 58.7 Å². The van der Waals surface area contributed by atoms with Crippen molar-refractivity contribution in [2.75, 3.05) is 72.7 Å². The number of thioether (sulfide) groups is 3. The number of anilines is 8. The summed E-state index contributed by atoms with van der Waals surface area (Å²) in [7, 11) is -2.80. The first-order chi connectivity index (χ1) is 63.2. The Morgan fingerprint density at radius 3 is 0.832 bits per heavy atom. The molecule has 0 radical (unpaired) electrons. The summed E-state index contributed by atoms with van der Waals surface area (Å²) in [5.74, 6) is 4.40. The van der Waals surface area contributed by atoms with E-state index in [4.69, 9.17) is 42.7 Å². The summed E-state index contributed by atoms with van der Waals surface area (Å²) in [4.78, 5) is 34.8. The second-order valence-corrected chi connectivity index (χ2v) is 36.9. The lowest BCUT2D eigenvalue weighted by molar-refractivity contribution is 0.193. The Balaban J connectivity index is 0.000000149. The first-order valence-corrected chi connectivity index (χ1v) is 49.3. The van der Waals surface area contributed by atoms with E-state index in [0.717, 1.165) is 136 Å². The third-order valence-corrected chi connectivity index (χ3v) is 23.6. The van der Waals surface area contributed by atoms with Crippen LogP contribution in [-0.2, 0) is 32.7 Å². The van der Waals surface area contributed by atoms with Gasteiger partial charge in [-0.2, -0.15) is 55.2 Å². The lowest BCUT2D eigenvalue weighted by Crippen LogP contribution is -2.14. The van der Waals surface area contributed by atoms with Crippen LogP contribution in [-0.4, -0.2) is 120 Å². The minimum atomic E-state index is -2.80. The van der Waals surface area contributed by atoms with Crippen LogP contribution in [0.5, 0.6) is 46.5 Å². The molecule has 24 bridgehead atoms. The molecule has 22 nitrogen and oxygen atoms in total. The fourth-order valence-electron chi connectivity index (χ4n) is 14.6. The van der Waals surface area contributed by atoms with Gasteiger partial charge in [0.2, 0.25) is 23.5 Å². The van der Waals surface area contributed by atoms with Crippen molar-refractivity contribution >= 4 is 91.6 Å². The van der Waals surface area contributed by atoms with Crippen molar-refractivity contribution < 1.29 is 77.2 Å². The highest BCUT2D eigenvalue weighted by Crippen LogP contribution is 2.39. The van der Waals surface area contributed by atoms with Gasteiger partial charge in [-0.15, -0.1) is 0 Å². The lowest BCUT2D eigenvalue weighted by atomic mass is 10.1. The van der Waals surface area contributed by atoms with Crippen LogP contribution in [0, 0.1) is 51.3 Å². The van der Waals surface area contributed by atoms with Gasteiger partial charge < -0.3 is 59.2 Å². The molecule has 0 saturated carbocycles. The highest BCUT2D eigenvalue weighted by atomic mass is 32.2. The third-order valence-electron chi connectivity index (χ3n) is 20.8. The van der Waals surface area contributed by atoms with E-state index < -0.39 is 56.3 Å². The third kappa shape index (κ3) is 28.8. The standard InChI is InChI=1S/C25H27F2N3O2S.C24H26F2N4O3S.2C24H25F2N3O2S/c1-16-6-4-3-5-9-31-22-12-18(7-8-20(22)26)19-13-23(28-14-21(19)27)29-24-10-17(15-33-2)11-25(30-24)32-16;1-15-5-3-4-8-32-21-11-17(6-7-19(21)25)18-12-22(28-13-20(18)26)29-23-9-16(14-34(2,27)31)10-24(30-23)33-15;2*1-15-5-3-4-8-30-21-11-17(6-7-19(21)25)18-12-22(27-13-20(18)26)28-23-9-16(14-32-2)10-24(29-23)31-15/h7-8,10-14,16H,3-6,9,15H2,1-2H3,(H,28,29,30);6-7,9-13,15,27H,3-5,8,14H2,1-2H3,(H,28,29,30);2*6-7,9-13,15H,3-5,8,14H2,1-2H3,(H,27,28,29). The van der Waals surface area contributed by atoms with E-state index in [0.29, 0.717) is 147 Å². The van der Waals surface area contributed by atoms with Crippen LogP contribution >= 0.6 is 35.3 Å². The van der Waals surface area contributed by atoms with Crippen molar-refractivity contribution in [3.8, 4) is 91.0 Å². The Labute approximate surface area is 770 Å². The molecule has 5 N–H and O–H groups in total. The van der Waals surface area contributed by atoms with Gasteiger partial charge in [0.05, 0.1) is 81.4 Å². The molecular formula is C97H103F8N13O9S4. The zero-order chi connectivity index (χ0) is 92.5. The highest BCUT2D eigenvalue weighted by Gasteiger charge is 2.23. The predicted molar refractivity (Wildman–Crippen MR) is 503 cm³/mol. The zero-order valence-corrected chi connectivity index (χ0v) is 77.0. The van der Waals surface area contributed by atoms with Gasteiger partial charge in [0.15, 0.2) is 46.3 Å². The number of rotatable bonds is 8. The van der Waals surface area contributed by atoms with Gasteiger partial charge in [0.25, 0.3) is 0 Å². The fraction of sp³-hybridized carbons (Fsp3) is 0.340. The number of fused-ring (bicyclic) bond motifs is 28. The van der Waals surface area contributed by atoms with Crippen LogP contribution in [0.3, 0.4) is 0 Å². The van der Waals surface area contributed by atoms with Gasteiger partial charge >= 0.3 is 0 Å². The van der Waals surface area contributed by atoms with Crippen molar-refractivity contribution in [3.05, 3.63) is 239 Å². The zero-order valence-electron chi connectivity index (χ0n) is 73.7. The smallest absolute Gasteiger partial charge is 0.215 e. The van der Waals surface area contributed by atoms with Crippen molar-refractivity contribution in [1.82, 2.24) is 39.9 Å². The minimum Gasteiger partial charge on any atom is -0.490 e. The van der Waals surface area contributed by atoms with Crippen LogP contribution in [0.1, 0.15) is 133 Å². The molecule has 16 rings (SSSR count). The Morgan fingerprint density at radius 1 is 0.328 bits per heavy atom. The largest absolute Gasteiger partial charge is 0.490 e. The maximum absolute atomic E-state index is 14.6. The molecule has 8 aromatic heterocycles. The summed E-state index contributed by atoms with van der Waals surface area (Å²) in [6, 6.07) is 38.5. The Hall–Kier alpha value is -11.9. The van der Waals surface area contributed by atoms with E-state index in [1.165, 1.54) is 85.1 Å². The topological polar surface area (TPSA) is 266 Å². The molecule has 0 amide bonds. The molecule has 0 fully saturated rings. The minimum absolute atomic E-state index is 0.000596. The molecular weight excluding hydrogens is 1770 g/mol. The first kappa shape index (κ1) is 96.7. The SMILES string of the molecule is CC1CCCCOc2cc(ccc2F)-c2cc(ncc2F)Nc2cc(CS(C)(=N)=O)cc(n2)O1.CSCc1cc2nc(c1)OC(C)CCCCCOc1cc(ccc1F)-c1cc(ncc1F)N2.CSCc1cc2nc(c1)OC(C)CCCCOc1cc(ccc1F)-c1cc(ncc1F)N2.CSCc1cc2nc(c1)OC(C)CCCCOc1cc(ccc1F)-c1cc(ncc1F)N2. The first-order valence-electron chi connectivity index (χ1n) is 43.0. The molecule has 0 saturated heterocycles. The van der Waals surface area contributed by atoms with Crippen molar-refractivity contribution in [3.63, 3.8) is 0 Å². The molecule has 5 atom stereocenters. The van der Waals surface area contributed by atoms with Crippen LogP contribution < -0.4 is 59.2 Å². The van der Waals surface area contributed by atoms with Crippen molar-refractivity contribution in [1.29, 1.82) is 4.78 Å². The van der Waals surface area contributed by atoms with Crippen molar-refractivity contribution in [2.24, 2.45) is 0 Å². The van der Waals surface area contributed by atoms with E-state index in [2.05, 4.69) is 61.1 Å². The van der Waals surface area contributed by atoms with Crippen molar-refractivity contribution in [2.45, 2.75) is 159 Å². The summed E-state index contributed by atoms with van der Waals surface area (Å²) in [5, 5.41) is 12.5. The molecule has 5 unspecified atom stereocenters. The second-order valence-electron chi connectivity index (χ2n) is 32.0. The Kier molecular flexibility index (Phi) is 34.5. The average Bonchev–Trinajstić information content (AvgIpc) is 0.836. The lowest BCUT2D eigenvalue weighted by Gasteiger charge is -2.17. The molecule has 131 heavy (non-hydrogen) atoms. The van der Waals surface area contributed by atoms with Crippen LogP contribution in [0.4, 0.5) is 81.7 Å². The molecule has 4 aliphatic rings. The Morgan fingerprint density at radius 2 is 0.573 bits per heavy atom. The number of ether oxygens (including phenoxy) is 8. The monoisotopic (exact) mass is 1870 g/mol. The molecule has 34 heteroatoms. The van der Waals surface area contributed by atoms with Gasteiger partial charge in [-0.05, 0) is 272 Å². The molecule has 0 spiro atoms. The number of pyridine rings is 8. The Bertz CT molecular complexity index is 5870. The molecule has 12 heterocycles. The van der Waals surface area contributed by atoms with Crippen LogP contribution in [0.25, 0.3) is 44.5 Å². The predicted octanol–water partition coefficient (Wildman–Crippen LogP) is 25.1. The summed E-state index contributed by atoms with van der Waals surface area (Å²) >= 11 is 5.11. The fourth-order valence-corrected chi connectivity index (χ4v) is 16.9. The maximum atomic E-state index is 14.6. The number of hydrogen-bond acceptors (Lipinski definition) is 25. The van der Waals surface area contributed by atoms with Gasteiger partial charge in [-0.1, -0.05) is 24.3 Å². The second kappa shape index (κ2) is 46.8. The number of nitrogens with zero attached hydrogens (tertiary/aromatic N) is 8. The number of benzene rings is 4. The molecule has 4 aromatic carbocycles. The summed E-state index contributed by atoms with van der Waals surface area (Å²) < 4.78 is 182. The number of aromatic nitrogens is 8. The maximum Gasteiger partial charge on any atom is 0.215 e. The molecule has 4 aliphatic heterocycles. The summed E-state index contributed by atoms with van der Waals surface area (Å²) in [5.41, 5.74) is 6.90. The van der Waals surface area contributed by atoms with Crippen LogP contribution in [0.2, 0.25) is 0 Å². The number of nitrogens with one attached hydrogen (secondary N) is 5.